The summed E-state index contributed by atoms with van der Waals surface area (Å²) in [6, 6.07) is 12.1. The van der Waals surface area contributed by atoms with Crippen molar-refractivity contribution in [1.29, 1.82) is 0 Å². The van der Waals surface area contributed by atoms with Gasteiger partial charge in [0.2, 0.25) is 11.8 Å². The van der Waals surface area contributed by atoms with Crippen molar-refractivity contribution in [2.45, 2.75) is 25.3 Å². The SMILES string of the molecule is CNC(=O)[C@@H](C)N(Cc1ccc(Cl)c(Cl)c1)C(=O)CSCc1cccc(Cl)c1. The zero-order valence-corrected chi connectivity index (χ0v) is 18.6. The quantitative estimate of drug-likeness (QED) is 0.601. The Hall–Kier alpha value is -1.40. The molecule has 0 aliphatic heterocycles. The first-order valence-corrected chi connectivity index (χ1v) is 10.9. The molecule has 0 radical (unpaired) electrons. The maximum atomic E-state index is 12.9. The second-order valence-corrected chi connectivity index (χ2v) is 8.42. The summed E-state index contributed by atoms with van der Waals surface area (Å²) in [5, 5.41) is 4.11. The molecular formula is C20H21Cl3N2O2S. The second kappa shape index (κ2) is 11.0. The standard InChI is InChI=1S/C20H21Cl3N2O2S/c1-13(20(27)24-2)25(10-14-6-7-17(22)18(23)9-14)19(26)12-28-11-15-4-3-5-16(21)8-15/h3-9,13H,10-12H2,1-2H3,(H,24,27)/t13-/m1/s1. The van der Waals surface area contributed by atoms with Gasteiger partial charge in [-0.2, -0.15) is 0 Å². The van der Waals surface area contributed by atoms with Crippen LogP contribution in [0, 0.1) is 0 Å². The van der Waals surface area contributed by atoms with E-state index in [-0.39, 0.29) is 24.1 Å². The lowest BCUT2D eigenvalue weighted by atomic mass is 10.1. The van der Waals surface area contributed by atoms with E-state index < -0.39 is 6.04 Å². The summed E-state index contributed by atoms with van der Waals surface area (Å²) < 4.78 is 0. The Morgan fingerprint density at radius 3 is 2.46 bits per heavy atom. The molecule has 2 aromatic rings. The molecular weight excluding hydrogens is 439 g/mol. The molecule has 0 unspecified atom stereocenters. The van der Waals surface area contributed by atoms with Gasteiger partial charge in [0.25, 0.3) is 0 Å². The van der Waals surface area contributed by atoms with E-state index in [2.05, 4.69) is 5.32 Å². The average molecular weight is 460 g/mol. The van der Waals surface area contributed by atoms with Gasteiger partial charge in [0.05, 0.1) is 15.8 Å². The molecule has 1 N–H and O–H groups in total. The summed E-state index contributed by atoms with van der Waals surface area (Å²) in [7, 11) is 1.55. The molecule has 0 aliphatic rings. The number of carbonyl (C=O) groups excluding carboxylic acids is 2. The Bertz CT molecular complexity index is 848. The molecule has 2 amide bonds. The van der Waals surface area contributed by atoms with Gasteiger partial charge < -0.3 is 10.2 Å². The van der Waals surface area contributed by atoms with Crippen LogP contribution in [0.25, 0.3) is 0 Å². The maximum Gasteiger partial charge on any atom is 0.242 e. The molecule has 0 spiro atoms. The van der Waals surface area contributed by atoms with E-state index in [1.807, 2.05) is 24.3 Å². The monoisotopic (exact) mass is 458 g/mol. The van der Waals surface area contributed by atoms with Crippen LogP contribution in [0.4, 0.5) is 0 Å². The van der Waals surface area contributed by atoms with E-state index in [9.17, 15) is 9.59 Å². The minimum atomic E-state index is -0.612. The van der Waals surface area contributed by atoms with Crippen molar-refractivity contribution in [2.75, 3.05) is 12.8 Å². The molecule has 0 aliphatic carbocycles. The van der Waals surface area contributed by atoms with Gasteiger partial charge in [-0.25, -0.2) is 0 Å². The summed E-state index contributed by atoms with van der Waals surface area (Å²) in [5.74, 6) is 0.540. The average Bonchev–Trinajstić information content (AvgIpc) is 2.67. The highest BCUT2D eigenvalue weighted by molar-refractivity contribution is 7.99. The molecule has 0 fully saturated rings. The number of hydrogen-bond acceptors (Lipinski definition) is 3. The summed E-state index contributed by atoms with van der Waals surface area (Å²) in [6.45, 7) is 1.97. The number of halogens is 3. The lowest BCUT2D eigenvalue weighted by molar-refractivity contribution is -0.138. The van der Waals surface area contributed by atoms with Crippen LogP contribution in [-0.2, 0) is 21.9 Å². The van der Waals surface area contributed by atoms with Crippen molar-refractivity contribution in [3.63, 3.8) is 0 Å². The Kier molecular flexibility index (Phi) is 8.96. The van der Waals surface area contributed by atoms with Crippen molar-refractivity contribution >= 4 is 58.4 Å². The fourth-order valence-corrected chi connectivity index (χ4v) is 3.98. The second-order valence-electron chi connectivity index (χ2n) is 6.18. The van der Waals surface area contributed by atoms with Gasteiger partial charge >= 0.3 is 0 Å². The van der Waals surface area contributed by atoms with Crippen LogP contribution in [0.15, 0.2) is 42.5 Å². The highest BCUT2D eigenvalue weighted by atomic mass is 35.5. The molecule has 150 valence electrons. The smallest absolute Gasteiger partial charge is 0.242 e. The van der Waals surface area contributed by atoms with Gasteiger partial charge in [0, 0.05) is 24.4 Å². The predicted molar refractivity (Wildman–Crippen MR) is 118 cm³/mol. The topological polar surface area (TPSA) is 49.4 Å². The molecule has 28 heavy (non-hydrogen) atoms. The molecule has 0 heterocycles. The molecule has 2 rings (SSSR count). The van der Waals surface area contributed by atoms with Gasteiger partial charge in [0.1, 0.15) is 6.04 Å². The van der Waals surface area contributed by atoms with Gasteiger partial charge in [0.15, 0.2) is 0 Å². The Morgan fingerprint density at radius 1 is 1.07 bits per heavy atom. The third-order valence-corrected chi connectivity index (χ3v) is 6.10. The van der Waals surface area contributed by atoms with Crippen LogP contribution in [0.1, 0.15) is 18.1 Å². The number of carbonyl (C=O) groups is 2. The van der Waals surface area contributed by atoms with Gasteiger partial charge in [-0.1, -0.05) is 53.0 Å². The molecule has 0 aromatic heterocycles. The normalized spacial score (nSPS) is 11.8. The summed E-state index contributed by atoms with van der Waals surface area (Å²) in [6.07, 6.45) is 0. The van der Waals surface area contributed by atoms with Crippen LogP contribution in [0.3, 0.4) is 0 Å². The van der Waals surface area contributed by atoms with Crippen LogP contribution < -0.4 is 5.32 Å². The first kappa shape index (κ1) is 22.9. The lowest BCUT2D eigenvalue weighted by Gasteiger charge is -2.28. The summed E-state index contributed by atoms with van der Waals surface area (Å²) >= 11 is 19.5. The molecule has 2 aromatic carbocycles. The minimum absolute atomic E-state index is 0.130. The zero-order valence-electron chi connectivity index (χ0n) is 15.5. The van der Waals surface area contributed by atoms with Crippen molar-refractivity contribution in [3.05, 3.63) is 68.7 Å². The highest BCUT2D eigenvalue weighted by Crippen LogP contribution is 2.24. The largest absolute Gasteiger partial charge is 0.357 e. The molecule has 4 nitrogen and oxygen atoms in total. The van der Waals surface area contributed by atoms with Gasteiger partial charge in [-0.15, -0.1) is 11.8 Å². The number of nitrogens with one attached hydrogen (secondary N) is 1. The van der Waals surface area contributed by atoms with Gasteiger partial charge in [-0.3, -0.25) is 9.59 Å². The Balaban J connectivity index is 2.07. The fraction of sp³-hybridized carbons (Fsp3) is 0.300. The Morgan fingerprint density at radius 2 is 1.82 bits per heavy atom. The summed E-state index contributed by atoms with van der Waals surface area (Å²) in [5.41, 5.74) is 1.85. The number of rotatable bonds is 8. The number of amides is 2. The molecule has 0 saturated heterocycles. The first-order chi connectivity index (χ1) is 13.3. The minimum Gasteiger partial charge on any atom is -0.357 e. The predicted octanol–water partition coefficient (Wildman–Crippen LogP) is 5.04. The van der Waals surface area contributed by atoms with Gasteiger partial charge in [-0.05, 0) is 42.3 Å². The zero-order chi connectivity index (χ0) is 20.7. The van der Waals surface area contributed by atoms with Crippen LogP contribution >= 0.6 is 46.6 Å². The fourth-order valence-electron chi connectivity index (χ4n) is 2.59. The maximum absolute atomic E-state index is 12.9. The molecule has 8 heteroatoms. The highest BCUT2D eigenvalue weighted by Gasteiger charge is 2.25. The lowest BCUT2D eigenvalue weighted by Crippen LogP contribution is -2.47. The van der Waals surface area contributed by atoms with E-state index in [0.29, 0.717) is 20.8 Å². The number of nitrogens with zero attached hydrogens (tertiary/aromatic N) is 1. The van der Waals surface area contributed by atoms with Crippen LogP contribution in [0.2, 0.25) is 15.1 Å². The van der Waals surface area contributed by atoms with E-state index >= 15 is 0 Å². The van der Waals surface area contributed by atoms with Crippen molar-refractivity contribution < 1.29 is 9.59 Å². The number of likely N-dealkylation sites (N-methyl/N-ethyl adjacent to an activating group) is 1. The molecule has 0 bridgehead atoms. The first-order valence-electron chi connectivity index (χ1n) is 8.59. The van der Waals surface area contributed by atoms with Crippen LogP contribution in [0.5, 0.6) is 0 Å². The Labute approximate surface area is 184 Å². The van der Waals surface area contributed by atoms with E-state index in [0.717, 1.165) is 11.1 Å². The third kappa shape index (κ3) is 6.59. The van der Waals surface area contributed by atoms with E-state index in [4.69, 9.17) is 34.8 Å². The molecule has 0 saturated carbocycles. The van der Waals surface area contributed by atoms with Crippen molar-refractivity contribution in [2.24, 2.45) is 0 Å². The van der Waals surface area contributed by atoms with Crippen molar-refractivity contribution in [1.82, 2.24) is 10.2 Å². The van der Waals surface area contributed by atoms with E-state index in [1.165, 1.54) is 11.8 Å². The summed E-state index contributed by atoms with van der Waals surface area (Å²) in [4.78, 5) is 26.5. The number of thioether (sulfide) groups is 1. The van der Waals surface area contributed by atoms with E-state index in [1.54, 1.807) is 37.1 Å². The number of benzene rings is 2. The van der Waals surface area contributed by atoms with Crippen LogP contribution in [-0.4, -0.2) is 35.6 Å². The van der Waals surface area contributed by atoms with Crippen molar-refractivity contribution in [3.8, 4) is 0 Å². The number of hydrogen-bond donors (Lipinski definition) is 1. The molecule has 1 atom stereocenters. The third-order valence-electron chi connectivity index (χ3n) is 4.13.